The van der Waals surface area contributed by atoms with E-state index in [4.69, 9.17) is 4.99 Å². The molecule has 4 aromatic rings. The molecular weight excluding hydrogens is 436 g/mol. The smallest absolute Gasteiger partial charge is 0.297 e. The highest BCUT2D eigenvalue weighted by atomic mass is 32.1. The topological polar surface area (TPSA) is 44.2 Å². The van der Waals surface area contributed by atoms with E-state index in [0.717, 1.165) is 22.7 Å². The van der Waals surface area contributed by atoms with E-state index in [2.05, 4.69) is 27.5 Å². The van der Waals surface area contributed by atoms with Crippen LogP contribution in [-0.2, 0) is 13.6 Å². The molecule has 5 rings (SSSR count). The molecule has 7 heteroatoms. The summed E-state index contributed by atoms with van der Waals surface area (Å²) in [4.78, 5) is 20.5. The molecule has 166 valence electrons. The Hall–Kier alpha value is -2.64. The number of hydrogen-bond donors (Lipinski definition) is 0. The number of aromatic nitrogens is 3. The Bertz CT molecular complexity index is 1320. The molecule has 3 heterocycles. The maximum Gasteiger partial charge on any atom is 0.297 e. The van der Waals surface area contributed by atoms with Gasteiger partial charge >= 0.3 is 0 Å². The van der Waals surface area contributed by atoms with Gasteiger partial charge in [0.2, 0.25) is 0 Å². The van der Waals surface area contributed by atoms with Crippen LogP contribution in [0, 0.1) is 12.8 Å². The quantitative estimate of drug-likeness (QED) is 0.363. The lowest BCUT2D eigenvalue weighted by Crippen LogP contribution is -2.23. The van der Waals surface area contributed by atoms with Gasteiger partial charge in [-0.25, -0.2) is 9.67 Å². The van der Waals surface area contributed by atoms with E-state index in [1.165, 1.54) is 42.7 Å². The average molecular weight is 465 g/mol. The molecule has 1 fully saturated rings. The Morgan fingerprint density at radius 3 is 2.53 bits per heavy atom. The SMILES string of the molecule is Cc1c(N=c2scc(-c3cccs3)n2CC2CCCCC2)c(=O)n(-c2ccccc2)n1C. The molecule has 32 heavy (non-hydrogen) atoms. The molecule has 0 radical (unpaired) electrons. The number of rotatable bonds is 5. The molecule has 1 aromatic carbocycles. The Kier molecular flexibility index (Phi) is 6.02. The van der Waals surface area contributed by atoms with Crippen LogP contribution in [0.2, 0.25) is 0 Å². The number of nitrogens with zero attached hydrogens (tertiary/aromatic N) is 4. The van der Waals surface area contributed by atoms with Crippen molar-refractivity contribution in [3.05, 3.63) is 74.1 Å². The first-order chi connectivity index (χ1) is 15.6. The van der Waals surface area contributed by atoms with Gasteiger partial charge in [0.25, 0.3) is 5.56 Å². The first-order valence-corrected chi connectivity index (χ1v) is 13.0. The molecule has 0 aliphatic heterocycles. The molecule has 0 atom stereocenters. The highest BCUT2D eigenvalue weighted by Crippen LogP contribution is 2.30. The average Bonchev–Trinajstić information content (AvgIpc) is 3.52. The van der Waals surface area contributed by atoms with Gasteiger partial charge in [0.1, 0.15) is 0 Å². The van der Waals surface area contributed by atoms with Gasteiger partial charge in [-0.15, -0.1) is 22.7 Å². The van der Waals surface area contributed by atoms with Crippen molar-refractivity contribution < 1.29 is 0 Å². The summed E-state index contributed by atoms with van der Waals surface area (Å²) in [6.45, 7) is 2.94. The van der Waals surface area contributed by atoms with E-state index in [1.807, 2.05) is 49.0 Å². The zero-order valence-electron chi connectivity index (χ0n) is 18.5. The summed E-state index contributed by atoms with van der Waals surface area (Å²) >= 11 is 3.39. The third-order valence-electron chi connectivity index (χ3n) is 6.47. The van der Waals surface area contributed by atoms with Crippen LogP contribution in [0.15, 0.2) is 63.0 Å². The Balaban J connectivity index is 1.64. The molecular formula is C25H28N4OS2. The third kappa shape index (κ3) is 3.95. The van der Waals surface area contributed by atoms with E-state index in [0.29, 0.717) is 11.6 Å². The Labute approximate surface area is 195 Å². The summed E-state index contributed by atoms with van der Waals surface area (Å²) in [5, 5.41) is 4.32. The van der Waals surface area contributed by atoms with Crippen LogP contribution in [0.5, 0.6) is 0 Å². The summed E-state index contributed by atoms with van der Waals surface area (Å²) in [5.41, 5.74) is 3.38. The van der Waals surface area contributed by atoms with Gasteiger partial charge in [-0.1, -0.05) is 43.5 Å². The van der Waals surface area contributed by atoms with Crippen LogP contribution < -0.4 is 10.4 Å². The summed E-state index contributed by atoms with van der Waals surface area (Å²) in [6, 6.07) is 14.0. The van der Waals surface area contributed by atoms with Crippen molar-refractivity contribution >= 4 is 28.4 Å². The maximum atomic E-state index is 13.4. The van der Waals surface area contributed by atoms with Gasteiger partial charge in [0.05, 0.1) is 22.0 Å². The normalized spacial score (nSPS) is 15.5. The van der Waals surface area contributed by atoms with Gasteiger partial charge in [0, 0.05) is 19.0 Å². The van der Waals surface area contributed by atoms with Gasteiger partial charge < -0.3 is 4.57 Å². The van der Waals surface area contributed by atoms with Crippen LogP contribution in [0.3, 0.4) is 0 Å². The van der Waals surface area contributed by atoms with Crippen molar-refractivity contribution in [3.63, 3.8) is 0 Å². The van der Waals surface area contributed by atoms with Crippen molar-refractivity contribution in [2.24, 2.45) is 18.0 Å². The van der Waals surface area contributed by atoms with Crippen molar-refractivity contribution in [3.8, 4) is 16.3 Å². The Morgan fingerprint density at radius 1 is 1.03 bits per heavy atom. The first-order valence-electron chi connectivity index (χ1n) is 11.2. The predicted octanol–water partition coefficient (Wildman–Crippen LogP) is 5.89. The number of thiazole rings is 1. The van der Waals surface area contributed by atoms with E-state index < -0.39 is 0 Å². The van der Waals surface area contributed by atoms with Crippen LogP contribution in [0.25, 0.3) is 16.3 Å². The molecule has 0 unspecified atom stereocenters. The summed E-state index contributed by atoms with van der Waals surface area (Å²) in [5.74, 6) is 0.675. The summed E-state index contributed by atoms with van der Waals surface area (Å²) in [7, 11) is 1.92. The number of benzene rings is 1. The molecule has 0 amide bonds. The predicted molar refractivity (Wildman–Crippen MR) is 133 cm³/mol. The van der Waals surface area contributed by atoms with E-state index in [1.54, 1.807) is 27.4 Å². The molecule has 0 bridgehead atoms. The second-order valence-electron chi connectivity index (χ2n) is 8.52. The van der Waals surface area contributed by atoms with Gasteiger partial charge in [0.15, 0.2) is 10.5 Å². The van der Waals surface area contributed by atoms with Crippen LogP contribution in [0.1, 0.15) is 37.8 Å². The molecule has 1 aliphatic rings. The van der Waals surface area contributed by atoms with Gasteiger partial charge in [-0.05, 0) is 49.3 Å². The lowest BCUT2D eigenvalue weighted by atomic mass is 9.89. The monoisotopic (exact) mass is 464 g/mol. The lowest BCUT2D eigenvalue weighted by Gasteiger charge is -2.22. The molecule has 1 saturated carbocycles. The minimum absolute atomic E-state index is 0.0773. The third-order valence-corrected chi connectivity index (χ3v) is 8.22. The van der Waals surface area contributed by atoms with Crippen molar-refractivity contribution in [1.82, 2.24) is 13.9 Å². The van der Waals surface area contributed by atoms with Crippen LogP contribution in [0.4, 0.5) is 5.69 Å². The molecule has 5 nitrogen and oxygen atoms in total. The largest absolute Gasteiger partial charge is 0.315 e. The zero-order chi connectivity index (χ0) is 22.1. The molecule has 0 N–H and O–H groups in total. The molecule has 0 saturated heterocycles. The standard InChI is InChI=1S/C25H28N4OS2/c1-18-23(24(30)29(27(18)2)20-12-7-4-8-13-20)26-25-28(16-19-10-5-3-6-11-19)21(17-32-25)22-14-9-15-31-22/h4,7-9,12-15,17,19H,3,5-6,10-11,16H2,1-2H3. The van der Waals surface area contributed by atoms with Crippen molar-refractivity contribution in [2.45, 2.75) is 45.6 Å². The van der Waals surface area contributed by atoms with E-state index in [-0.39, 0.29) is 5.56 Å². The molecule has 1 aliphatic carbocycles. The Morgan fingerprint density at radius 2 is 1.81 bits per heavy atom. The number of hydrogen-bond acceptors (Lipinski definition) is 4. The number of thiophene rings is 1. The maximum absolute atomic E-state index is 13.4. The van der Waals surface area contributed by atoms with E-state index in [9.17, 15) is 4.79 Å². The fraction of sp³-hybridized carbons (Fsp3) is 0.360. The summed E-state index contributed by atoms with van der Waals surface area (Å²) in [6.07, 6.45) is 6.53. The number of para-hydroxylation sites is 1. The van der Waals surface area contributed by atoms with Crippen LogP contribution in [-0.4, -0.2) is 13.9 Å². The minimum atomic E-state index is -0.0773. The zero-order valence-corrected chi connectivity index (χ0v) is 20.2. The van der Waals surface area contributed by atoms with Crippen molar-refractivity contribution in [2.75, 3.05) is 0 Å². The minimum Gasteiger partial charge on any atom is -0.315 e. The van der Waals surface area contributed by atoms with E-state index >= 15 is 0 Å². The fourth-order valence-electron chi connectivity index (χ4n) is 4.62. The highest BCUT2D eigenvalue weighted by Gasteiger charge is 2.20. The highest BCUT2D eigenvalue weighted by molar-refractivity contribution is 7.14. The van der Waals surface area contributed by atoms with Crippen LogP contribution >= 0.6 is 22.7 Å². The van der Waals surface area contributed by atoms with Gasteiger partial charge in [-0.2, -0.15) is 0 Å². The second kappa shape index (κ2) is 9.08. The van der Waals surface area contributed by atoms with Gasteiger partial charge in [-0.3, -0.25) is 9.48 Å². The summed E-state index contributed by atoms with van der Waals surface area (Å²) < 4.78 is 5.95. The second-order valence-corrected chi connectivity index (χ2v) is 10.3. The van der Waals surface area contributed by atoms with Crippen molar-refractivity contribution in [1.29, 1.82) is 0 Å². The fourth-order valence-corrected chi connectivity index (χ4v) is 6.36. The molecule has 3 aromatic heterocycles. The lowest BCUT2D eigenvalue weighted by molar-refractivity contribution is 0.318. The first kappa shape index (κ1) is 21.2. The molecule has 0 spiro atoms.